The lowest BCUT2D eigenvalue weighted by atomic mass is 9.91. The third-order valence-corrected chi connectivity index (χ3v) is 4.73. The van der Waals surface area contributed by atoms with E-state index in [0.29, 0.717) is 19.5 Å². The van der Waals surface area contributed by atoms with E-state index in [1.165, 1.54) is 6.92 Å². The van der Waals surface area contributed by atoms with Crippen LogP contribution >= 0.6 is 0 Å². The van der Waals surface area contributed by atoms with Crippen molar-refractivity contribution >= 4 is 23.2 Å². The first kappa shape index (κ1) is 22.2. The number of carbonyl (C=O) groups excluding carboxylic acids is 2. The molecule has 2 amide bonds. The van der Waals surface area contributed by atoms with Crippen LogP contribution in [0.1, 0.15) is 52.5 Å². The molecule has 156 valence electrons. The fourth-order valence-corrected chi connectivity index (χ4v) is 3.49. The molecular weight excluding hydrogens is 354 g/mol. The Morgan fingerprint density at radius 3 is 2.50 bits per heavy atom. The number of amides is 2. The van der Waals surface area contributed by atoms with Crippen LogP contribution in [0.4, 0.5) is 11.4 Å². The van der Waals surface area contributed by atoms with Crippen LogP contribution in [0.3, 0.4) is 0 Å². The van der Waals surface area contributed by atoms with E-state index in [4.69, 9.17) is 4.74 Å². The summed E-state index contributed by atoms with van der Waals surface area (Å²) >= 11 is 0. The van der Waals surface area contributed by atoms with Crippen LogP contribution in [0.2, 0.25) is 0 Å². The Balaban J connectivity index is 2.29. The number of hydrogen-bond acceptors (Lipinski definition) is 4. The highest BCUT2D eigenvalue weighted by molar-refractivity contribution is 5.89. The van der Waals surface area contributed by atoms with Crippen molar-refractivity contribution in [2.24, 2.45) is 5.41 Å². The summed E-state index contributed by atoms with van der Waals surface area (Å²) in [4.78, 5) is 28.5. The molecule has 0 aliphatic carbocycles. The SMILES string of the molecule is CC(=O)Nc1ccc(N(C)C)c(CN(CC2CCCO2)C(=O)CC(C)(C)C)c1. The number of hydrogen-bond donors (Lipinski definition) is 1. The van der Waals surface area contributed by atoms with E-state index in [1.54, 1.807) is 0 Å². The van der Waals surface area contributed by atoms with Gasteiger partial charge in [-0.1, -0.05) is 20.8 Å². The summed E-state index contributed by atoms with van der Waals surface area (Å²) < 4.78 is 5.79. The zero-order chi connectivity index (χ0) is 20.9. The molecule has 1 N–H and O–H groups in total. The lowest BCUT2D eigenvalue weighted by molar-refractivity contribution is -0.135. The van der Waals surface area contributed by atoms with Gasteiger partial charge in [-0.25, -0.2) is 0 Å². The van der Waals surface area contributed by atoms with Gasteiger partial charge in [-0.15, -0.1) is 0 Å². The highest BCUT2D eigenvalue weighted by Gasteiger charge is 2.26. The lowest BCUT2D eigenvalue weighted by Crippen LogP contribution is -2.38. The minimum absolute atomic E-state index is 0.0751. The number of ether oxygens (including phenoxy) is 1. The molecule has 1 unspecified atom stereocenters. The van der Waals surface area contributed by atoms with Crippen LogP contribution in [0.15, 0.2) is 18.2 Å². The first-order chi connectivity index (χ1) is 13.0. The number of carbonyl (C=O) groups is 2. The molecule has 0 aromatic heterocycles. The molecule has 1 heterocycles. The first-order valence-electron chi connectivity index (χ1n) is 10.0. The molecule has 1 saturated heterocycles. The smallest absolute Gasteiger partial charge is 0.223 e. The third-order valence-electron chi connectivity index (χ3n) is 4.73. The number of rotatable bonds is 7. The van der Waals surface area contributed by atoms with E-state index in [-0.39, 0.29) is 23.3 Å². The van der Waals surface area contributed by atoms with Crippen molar-refractivity contribution in [3.8, 4) is 0 Å². The molecule has 1 fully saturated rings. The summed E-state index contributed by atoms with van der Waals surface area (Å²) in [6.07, 6.45) is 2.63. The van der Waals surface area contributed by atoms with Crippen molar-refractivity contribution in [1.82, 2.24) is 4.90 Å². The highest BCUT2D eigenvalue weighted by atomic mass is 16.5. The predicted octanol–water partition coefficient (Wildman–Crippen LogP) is 3.65. The molecule has 0 bridgehead atoms. The van der Waals surface area contributed by atoms with Gasteiger partial charge in [0.25, 0.3) is 0 Å². The predicted molar refractivity (Wildman–Crippen MR) is 114 cm³/mol. The molecule has 0 saturated carbocycles. The van der Waals surface area contributed by atoms with Gasteiger partial charge in [-0.3, -0.25) is 9.59 Å². The van der Waals surface area contributed by atoms with Gasteiger partial charge < -0.3 is 19.9 Å². The van der Waals surface area contributed by atoms with Gasteiger partial charge in [0.2, 0.25) is 11.8 Å². The van der Waals surface area contributed by atoms with Gasteiger partial charge >= 0.3 is 0 Å². The molecule has 1 aromatic carbocycles. The fraction of sp³-hybridized carbons (Fsp3) is 0.636. The standard InChI is InChI=1S/C22H35N3O3/c1-16(26)23-18-9-10-20(24(5)6)17(12-18)14-25(15-19-8-7-11-28-19)21(27)13-22(2,3)4/h9-10,12,19H,7-8,11,13-15H2,1-6H3,(H,23,26). The third kappa shape index (κ3) is 6.82. The maximum Gasteiger partial charge on any atom is 0.223 e. The minimum atomic E-state index is -0.108. The van der Waals surface area contributed by atoms with Crippen LogP contribution in [0.25, 0.3) is 0 Å². The number of benzene rings is 1. The molecule has 0 spiro atoms. The zero-order valence-electron chi connectivity index (χ0n) is 18.2. The Morgan fingerprint density at radius 2 is 1.96 bits per heavy atom. The van der Waals surface area contributed by atoms with Crippen molar-refractivity contribution < 1.29 is 14.3 Å². The Morgan fingerprint density at radius 1 is 1.25 bits per heavy atom. The van der Waals surface area contributed by atoms with Crippen LogP contribution < -0.4 is 10.2 Å². The molecule has 28 heavy (non-hydrogen) atoms. The van der Waals surface area contributed by atoms with Crippen molar-refractivity contribution in [3.63, 3.8) is 0 Å². The van der Waals surface area contributed by atoms with E-state index in [0.717, 1.165) is 36.4 Å². The van der Waals surface area contributed by atoms with Crippen LogP contribution in [-0.2, 0) is 20.9 Å². The first-order valence-corrected chi connectivity index (χ1v) is 10.0. The van der Waals surface area contributed by atoms with Crippen LogP contribution in [-0.4, -0.2) is 50.1 Å². The maximum absolute atomic E-state index is 13.1. The van der Waals surface area contributed by atoms with E-state index in [9.17, 15) is 9.59 Å². The molecule has 1 aliphatic heterocycles. The second-order valence-electron chi connectivity index (χ2n) is 9.07. The Labute approximate surface area is 169 Å². The summed E-state index contributed by atoms with van der Waals surface area (Å²) in [5.41, 5.74) is 2.72. The van der Waals surface area contributed by atoms with Crippen molar-refractivity contribution in [3.05, 3.63) is 23.8 Å². The summed E-state index contributed by atoms with van der Waals surface area (Å²) in [6.45, 7) is 9.61. The van der Waals surface area contributed by atoms with Gasteiger partial charge in [-0.05, 0) is 42.0 Å². The van der Waals surface area contributed by atoms with E-state index < -0.39 is 0 Å². The zero-order valence-corrected chi connectivity index (χ0v) is 18.2. The summed E-state index contributed by atoms with van der Waals surface area (Å²) in [6, 6.07) is 5.84. The molecular formula is C22H35N3O3. The van der Waals surface area contributed by atoms with Crippen LogP contribution in [0.5, 0.6) is 0 Å². The Kier molecular flexibility index (Phi) is 7.47. The normalized spacial score (nSPS) is 16.7. The summed E-state index contributed by atoms with van der Waals surface area (Å²) in [5, 5.41) is 2.84. The van der Waals surface area contributed by atoms with E-state index in [1.807, 2.05) is 42.1 Å². The topological polar surface area (TPSA) is 61.9 Å². The Bertz CT molecular complexity index is 689. The highest BCUT2D eigenvalue weighted by Crippen LogP contribution is 2.27. The van der Waals surface area contributed by atoms with Crippen molar-refractivity contribution in [2.45, 2.75) is 59.6 Å². The Hall–Kier alpha value is -2.08. The number of nitrogens with zero attached hydrogens (tertiary/aromatic N) is 2. The van der Waals surface area contributed by atoms with Crippen molar-refractivity contribution in [2.75, 3.05) is 37.5 Å². The van der Waals surface area contributed by atoms with E-state index >= 15 is 0 Å². The molecule has 6 nitrogen and oxygen atoms in total. The monoisotopic (exact) mass is 389 g/mol. The minimum Gasteiger partial charge on any atom is -0.377 e. The number of anilines is 2. The molecule has 1 aromatic rings. The molecule has 1 aliphatic rings. The quantitative estimate of drug-likeness (QED) is 0.773. The lowest BCUT2D eigenvalue weighted by Gasteiger charge is -2.30. The second kappa shape index (κ2) is 9.41. The molecule has 0 radical (unpaired) electrons. The van der Waals surface area contributed by atoms with Crippen LogP contribution in [0, 0.1) is 5.41 Å². The molecule has 1 atom stereocenters. The average Bonchev–Trinajstić information content (AvgIpc) is 3.05. The van der Waals surface area contributed by atoms with Gasteiger partial charge in [0.15, 0.2) is 0 Å². The van der Waals surface area contributed by atoms with Gasteiger partial charge in [0.1, 0.15) is 0 Å². The van der Waals surface area contributed by atoms with Crippen molar-refractivity contribution in [1.29, 1.82) is 0 Å². The summed E-state index contributed by atoms with van der Waals surface area (Å²) in [7, 11) is 3.97. The fourth-order valence-electron chi connectivity index (χ4n) is 3.49. The second-order valence-corrected chi connectivity index (χ2v) is 9.07. The maximum atomic E-state index is 13.1. The van der Waals surface area contributed by atoms with E-state index in [2.05, 4.69) is 26.1 Å². The molecule has 6 heteroatoms. The largest absolute Gasteiger partial charge is 0.377 e. The molecule has 2 rings (SSSR count). The van der Waals surface area contributed by atoms with Gasteiger partial charge in [0, 0.05) is 58.5 Å². The van der Waals surface area contributed by atoms with Gasteiger partial charge in [0.05, 0.1) is 6.10 Å². The summed E-state index contributed by atoms with van der Waals surface area (Å²) in [5.74, 6) is 0.0289. The number of nitrogens with one attached hydrogen (secondary N) is 1. The average molecular weight is 390 g/mol. The van der Waals surface area contributed by atoms with Gasteiger partial charge in [-0.2, -0.15) is 0 Å².